The van der Waals surface area contributed by atoms with Crippen LogP contribution in [0, 0.1) is 19.8 Å². The van der Waals surface area contributed by atoms with Crippen LogP contribution in [-0.4, -0.2) is 47.4 Å². The fraction of sp³-hybridized carbons (Fsp3) is 0.438. The lowest BCUT2D eigenvalue weighted by Gasteiger charge is -2.16. The molecule has 0 aliphatic carbocycles. The van der Waals surface area contributed by atoms with Crippen molar-refractivity contribution in [3.05, 3.63) is 34.9 Å². The van der Waals surface area contributed by atoms with Gasteiger partial charge in [0.15, 0.2) is 0 Å². The molecule has 1 aliphatic rings. The highest BCUT2D eigenvalue weighted by molar-refractivity contribution is 5.96. The number of carbonyl (C=O) groups is 3. The summed E-state index contributed by atoms with van der Waals surface area (Å²) in [5.41, 5.74) is 2.63. The number of carboxylic acid groups (broad SMARTS) is 1. The Labute approximate surface area is 129 Å². The van der Waals surface area contributed by atoms with Crippen molar-refractivity contribution >= 4 is 17.8 Å². The van der Waals surface area contributed by atoms with E-state index in [9.17, 15) is 14.4 Å². The Hall–Kier alpha value is -2.37. The first-order chi connectivity index (χ1) is 10.4. The Balaban J connectivity index is 1.87. The molecule has 22 heavy (non-hydrogen) atoms. The molecule has 118 valence electrons. The van der Waals surface area contributed by atoms with Gasteiger partial charge in [-0.2, -0.15) is 0 Å². The SMILES string of the molecule is Cc1ccc(C(=O)NCC(=O)N2CCC(C(=O)O)C2)cc1C. The molecule has 0 spiro atoms. The Kier molecular flexibility index (Phi) is 4.80. The molecule has 1 saturated heterocycles. The Bertz CT molecular complexity index is 612. The van der Waals surface area contributed by atoms with Crippen LogP contribution in [0.1, 0.15) is 27.9 Å². The lowest BCUT2D eigenvalue weighted by molar-refractivity contribution is -0.141. The van der Waals surface area contributed by atoms with Gasteiger partial charge in [-0.05, 0) is 43.5 Å². The molecule has 0 aromatic heterocycles. The Morgan fingerprint density at radius 2 is 2.00 bits per heavy atom. The number of nitrogens with zero attached hydrogens (tertiary/aromatic N) is 1. The van der Waals surface area contributed by atoms with Gasteiger partial charge in [-0.25, -0.2) is 0 Å². The number of carboxylic acids is 1. The van der Waals surface area contributed by atoms with Gasteiger partial charge in [0.1, 0.15) is 0 Å². The summed E-state index contributed by atoms with van der Waals surface area (Å²) in [6.45, 7) is 4.42. The topological polar surface area (TPSA) is 86.7 Å². The van der Waals surface area contributed by atoms with Crippen LogP contribution in [0.25, 0.3) is 0 Å². The highest BCUT2D eigenvalue weighted by Gasteiger charge is 2.30. The fourth-order valence-electron chi connectivity index (χ4n) is 2.44. The smallest absolute Gasteiger partial charge is 0.308 e. The zero-order valence-corrected chi connectivity index (χ0v) is 12.8. The summed E-state index contributed by atoms with van der Waals surface area (Å²) in [6, 6.07) is 5.37. The summed E-state index contributed by atoms with van der Waals surface area (Å²) in [7, 11) is 0. The number of nitrogens with one attached hydrogen (secondary N) is 1. The molecule has 0 saturated carbocycles. The van der Waals surface area contributed by atoms with Gasteiger partial charge in [0.05, 0.1) is 12.5 Å². The second-order valence-corrected chi connectivity index (χ2v) is 5.65. The van der Waals surface area contributed by atoms with Crippen molar-refractivity contribution in [2.45, 2.75) is 20.3 Å². The van der Waals surface area contributed by atoms with Crippen LogP contribution in [0.3, 0.4) is 0 Å². The van der Waals surface area contributed by atoms with Gasteiger partial charge in [-0.3, -0.25) is 14.4 Å². The molecule has 1 heterocycles. The molecule has 2 N–H and O–H groups in total. The number of hydrogen-bond acceptors (Lipinski definition) is 3. The van der Waals surface area contributed by atoms with Crippen LogP contribution in [0.5, 0.6) is 0 Å². The van der Waals surface area contributed by atoms with Gasteiger partial charge in [0.25, 0.3) is 5.91 Å². The number of likely N-dealkylation sites (tertiary alicyclic amines) is 1. The van der Waals surface area contributed by atoms with Gasteiger partial charge in [-0.1, -0.05) is 6.07 Å². The van der Waals surface area contributed by atoms with Crippen LogP contribution >= 0.6 is 0 Å². The fourth-order valence-corrected chi connectivity index (χ4v) is 2.44. The number of benzene rings is 1. The highest BCUT2D eigenvalue weighted by atomic mass is 16.4. The van der Waals surface area contributed by atoms with E-state index < -0.39 is 11.9 Å². The van der Waals surface area contributed by atoms with Crippen molar-refractivity contribution in [3.63, 3.8) is 0 Å². The van der Waals surface area contributed by atoms with Crippen molar-refractivity contribution in [3.8, 4) is 0 Å². The summed E-state index contributed by atoms with van der Waals surface area (Å²) >= 11 is 0. The van der Waals surface area contributed by atoms with E-state index in [0.29, 0.717) is 18.5 Å². The third-order valence-electron chi connectivity index (χ3n) is 4.06. The van der Waals surface area contributed by atoms with Crippen LogP contribution in [0.4, 0.5) is 0 Å². The maximum Gasteiger partial charge on any atom is 0.308 e. The van der Waals surface area contributed by atoms with Gasteiger partial charge in [0.2, 0.25) is 5.91 Å². The zero-order valence-electron chi connectivity index (χ0n) is 12.8. The van der Waals surface area contributed by atoms with Gasteiger partial charge in [0, 0.05) is 18.7 Å². The van der Waals surface area contributed by atoms with Crippen LogP contribution in [0.2, 0.25) is 0 Å². The number of amides is 2. The minimum Gasteiger partial charge on any atom is -0.481 e. The summed E-state index contributed by atoms with van der Waals surface area (Å²) in [5, 5.41) is 11.5. The van der Waals surface area contributed by atoms with E-state index in [-0.39, 0.29) is 24.9 Å². The number of rotatable bonds is 4. The first-order valence-corrected chi connectivity index (χ1v) is 7.24. The minimum atomic E-state index is -0.880. The third kappa shape index (κ3) is 3.63. The van der Waals surface area contributed by atoms with Crippen molar-refractivity contribution in [2.75, 3.05) is 19.6 Å². The van der Waals surface area contributed by atoms with E-state index in [2.05, 4.69) is 5.32 Å². The van der Waals surface area contributed by atoms with E-state index in [1.165, 1.54) is 4.90 Å². The second-order valence-electron chi connectivity index (χ2n) is 5.65. The lowest BCUT2D eigenvalue weighted by atomic mass is 10.1. The maximum absolute atomic E-state index is 12.0. The molecular formula is C16H20N2O4. The molecule has 0 bridgehead atoms. The van der Waals surface area contributed by atoms with E-state index in [1.54, 1.807) is 12.1 Å². The molecule has 2 amide bonds. The molecule has 1 unspecified atom stereocenters. The van der Waals surface area contributed by atoms with Gasteiger partial charge >= 0.3 is 5.97 Å². The molecular weight excluding hydrogens is 284 g/mol. The zero-order chi connectivity index (χ0) is 16.3. The quantitative estimate of drug-likeness (QED) is 0.867. The lowest BCUT2D eigenvalue weighted by Crippen LogP contribution is -2.39. The summed E-state index contributed by atoms with van der Waals surface area (Å²) in [4.78, 5) is 36.4. The second kappa shape index (κ2) is 6.60. The summed E-state index contributed by atoms with van der Waals surface area (Å²) in [6.07, 6.45) is 0.464. The van der Waals surface area contributed by atoms with E-state index in [1.807, 2.05) is 19.9 Å². The third-order valence-corrected chi connectivity index (χ3v) is 4.06. The van der Waals surface area contributed by atoms with Crippen LogP contribution in [-0.2, 0) is 9.59 Å². The Morgan fingerprint density at radius 3 is 2.59 bits per heavy atom. The first-order valence-electron chi connectivity index (χ1n) is 7.24. The predicted octanol–water partition coefficient (Wildman–Crippen LogP) is 0.966. The molecule has 1 aromatic carbocycles. The number of aliphatic carboxylic acids is 1. The number of carbonyl (C=O) groups excluding carboxylic acids is 2. The van der Waals surface area contributed by atoms with Gasteiger partial charge < -0.3 is 15.3 Å². The van der Waals surface area contributed by atoms with Crippen LogP contribution in [0.15, 0.2) is 18.2 Å². The monoisotopic (exact) mass is 304 g/mol. The molecule has 1 atom stereocenters. The minimum absolute atomic E-state index is 0.113. The Morgan fingerprint density at radius 1 is 1.27 bits per heavy atom. The highest BCUT2D eigenvalue weighted by Crippen LogP contribution is 2.16. The van der Waals surface area contributed by atoms with E-state index in [0.717, 1.165) is 11.1 Å². The first kappa shape index (κ1) is 16.0. The molecule has 6 nitrogen and oxygen atoms in total. The average Bonchev–Trinajstić information content (AvgIpc) is 2.97. The largest absolute Gasteiger partial charge is 0.481 e. The maximum atomic E-state index is 12.0. The molecule has 1 aromatic rings. The van der Waals surface area contributed by atoms with Crippen molar-refractivity contribution in [1.29, 1.82) is 0 Å². The summed E-state index contributed by atoms with van der Waals surface area (Å²) in [5.74, 6) is -1.93. The normalized spacial score (nSPS) is 17.4. The van der Waals surface area contributed by atoms with Crippen LogP contribution < -0.4 is 5.32 Å². The molecule has 2 rings (SSSR count). The molecule has 1 aliphatic heterocycles. The molecule has 0 radical (unpaired) electrons. The standard InChI is InChI=1S/C16H20N2O4/c1-10-3-4-12(7-11(10)2)15(20)17-8-14(19)18-6-5-13(9-18)16(21)22/h3-4,7,13H,5-6,8-9H2,1-2H3,(H,17,20)(H,21,22). The predicted molar refractivity (Wildman–Crippen MR) is 80.6 cm³/mol. The average molecular weight is 304 g/mol. The number of aryl methyl sites for hydroxylation is 2. The van der Waals surface area contributed by atoms with Gasteiger partial charge in [-0.15, -0.1) is 0 Å². The van der Waals surface area contributed by atoms with E-state index >= 15 is 0 Å². The van der Waals surface area contributed by atoms with Crippen molar-refractivity contribution in [1.82, 2.24) is 10.2 Å². The molecule has 1 fully saturated rings. The van der Waals surface area contributed by atoms with Crippen molar-refractivity contribution in [2.24, 2.45) is 5.92 Å². The molecule has 6 heteroatoms. The van der Waals surface area contributed by atoms with Crippen molar-refractivity contribution < 1.29 is 19.5 Å². The summed E-state index contributed by atoms with van der Waals surface area (Å²) < 4.78 is 0. The van der Waals surface area contributed by atoms with E-state index in [4.69, 9.17) is 5.11 Å². The number of hydrogen-bond donors (Lipinski definition) is 2.